The summed E-state index contributed by atoms with van der Waals surface area (Å²) in [7, 11) is 0. The lowest BCUT2D eigenvalue weighted by atomic mass is 9.98. The molecule has 0 aliphatic carbocycles. The van der Waals surface area contributed by atoms with Gasteiger partial charge in [-0.25, -0.2) is 4.79 Å². The Hall–Kier alpha value is -3.58. The second-order valence-corrected chi connectivity index (χ2v) is 19.9. The van der Waals surface area contributed by atoms with Gasteiger partial charge in [-0.3, -0.25) is 14.4 Å². The summed E-state index contributed by atoms with van der Waals surface area (Å²) >= 11 is 0. The number of carbonyl (C=O) groups excluding carboxylic acids is 3. The molecule has 0 aromatic heterocycles. The van der Waals surface area contributed by atoms with E-state index in [0.29, 0.717) is 25.7 Å². The van der Waals surface area contributed by atoms with Gasteiger partial charge in [0.05, 0.1) is 6.61 Å². The van der Waals surface area contributed by atoms with Gasteiger partial charge < -0.3 is 39.0 Å². The fraction of sp³-hybridized carbons (Fsp3) is 0.770. The van der Waals surface area contributed by atoms with Crippen molar-refractivity contribution in [1.82, 2.24) is 0 Å². The molecule has 0 amide bonds. The van der Waals surface area contributed by atoms with E-state index in [1.807, 2.05) is 18.2 Å². The summed E-state index contributed by atoms with van der Waals surface area (Å²) in [5.41, 5.74) is 0. The van der Waals surface area contributed by atoms with Gasteiger partial charge in [0, 0.05) is 19.3 Å². The predicted molar refractivity (Wildman–Crippen MR) is 294 cm³/mol. The van der Waals surface area contributed by atoms with Crippen molar-refractivity contribution < 1.29 is 58.2 Å². The van der Waals surface area contributed by atoms with Gasteiger partial charge in [0.1, 0.15) is 18.8 Å². The fourth-order valence-corrected chi connectivity index (χ4v) is 8.61. The second-order valence-electron chi connectivity index (χ2n) is 19.9. The van der Waals surface area contributed by atoms with Crippen molar-refractivity contribution in [2.75, 3.05) is 13.2 Å². The quantitative estimate of drug-likeness (QED) is 0.0228. The molecule has 12 nitrogen and oxygen atoms in total. The average molecular weight is 1030 g/mol. The molecule has 12 heteroatoms. The molecule has 0 bridgehead atoms. The number of carboxylic acid groups (broad SMARTS) is 1. The van der Waals surface area contributed by atoms with E-state index >= 15 is 0 Å². The Kier molecular flexibility index (Phi) is 45.5. The maximum atomic E-state index is 13.1. The van der Waals surface area contributed by atoms with Crippen molar-refractivity contribution in [3.05, 3.63) is 60.8 Å². The number of carboxylic acids is 1. The Labute approximate surface area is 443 Å². The van der Waals surface area contributed by atoms with E-state index in [1.54, 1.807) is 0 Å². The molecule has 0 aromatic rings. The average Bonchev–Trinajstić information content (AvgIpc) is 3.37. The monoisotopic (exact) mass is 1030 g/mol. The zero-order chi connectivity index (χ0) is 53.3. The van der Waals surface area contributed by atoms with Crippen LogP contribution in [0, 0.1) is 0 Å². The first-order valence-electron chi connectivity index (χ1n) is 29.3. The van der Waals surface area contributed by atoms with Crippen LogP contribution in [-0.2, 0) is 42.9 Å². The lowest BCUT2D eigenvalue weighted by Crippen LogP contribution is -2.61. The van der Waals surface area contributed by atoms with E-state index in [4.69, 9.17) is 23.7 Å². The fourth-order valence-electron chi connectivity index (χ4n) is 8.61. The minimum atomic E-state index is -1.92. The number of carbonyl (C=O) groups is 4. The van der Waals surface area contributed by atoms with Gasteiger partial charge in [0.2, 0.25) is 0 Å². The summed E-state index contributed by atoms with van der Waals surface area (Å²) in [5.74, 6) is -3.22. The molecule has 1 rings (SSSR count). The summed E-state index contributed by atoms with van der Waals surface area (Å²) < 4.78 is 28.3. The van der Waals surface area contributed by atoms with Gasteiger partial charge in [-0.05, 0) is 70.6 Å². The SMILES string of the molecule is CC/C=C\C/C=C\C/C=C\C/C=C\CCC(=O)OC1C(OCC(COC(=O)CCCCCCCCCCC/C=C\CCCCCCCC)OC(=O)CCCCCCCCCCCCC)OC(C(=O)O)C(O)C1O. The molecular weight excluding hydrogens is 925 g/mol. The molecule has 1 fully saturated rings. The molecule has 1 heterocycles. The highest BCUT2D eigenvalue weighted by molar-refractivity contribution is 5.74. The molecule has 0 saturated carbocycles. The maximum Gasteiger partial charge on any atom is 0.335 e. The number of aliphatic hydroxyl groups excluding tert-OH is 2. The van der Waals surface area contributed by atoms with Crippen LogP contribution < -0.4 is 0 Å². The molecule has 1 aliphatic heterocycles. The zero-order valence-corrected chi connectivity index (χ0v) is 46.1. The van der Waals surface area contributed by atoms with E-state index in [0.717, 1.165) is 57.8 Å². The summed E-state index contributed by atoms with van der Waals surface area (Å²) in [6.07, 6.45) is 47.9. The molecule has 0 aromatic carbocycles. The van der Waals surface area contributed by atoms with Crippen molar-refractivity contribution in [3.8, 4) is 0 Å². The number of hydrogen-bond donors (Lipinski definition) is 3. The van der Waals surface area contributed by atoms with Gasteiger partial charge in [0.25, 0.3) is 0 Å². The Balaban J connectivity index is 2.68. The number of hydrogen-bond acceptors (Lipinski definition) is 11. The first-order valence-corrected chi connectivity index (χ1v) is 29.3. The van der Waals surface area contributed by atoms with Crippen molar-refractivity contribution in [2.24, 2.45) is 0 Å². The number of ether oxygens (including phenoxy) is 5. The number of esters is 3. The standard InChI is InChI=1S/C61H104O12/c1-4-7-10-13-16-19-22-24-25-26-27-28-29-31-33-35-38-41-44-47-53(62)69-50-52(71-54(63)48-45-42-39-36-32-21-18-15-12-9-6-3)51-70-61-59(57(66)56(65)58(73-61)60(67)68)72-55(64)49-46-43-40-37-34-30-23-20-17-14-11-8-5-2/h8,11,17,20,24-25,30,34,40,43,52,56-59,61,65-66H,4-7,9-10,12-16,18-19,21-23,26-29,31-33,35-39,41-42,44-51H2,1-3H3,(H,67,68)/b11-8-,20-17-,25-24-,34-30-,43-40-. The number of aliphatic hydroxyl groups is 2. The Morgan fingerprint density at radius 2 is 0.890 bits per heavy atom. The first kappa shape index (κ1) is 67.4. The van der Waals surface area contributed by atoms with Crippen LogP contribution >= 0.6 is 0 Å². The molecule has 0 spiro atoms. The van der Waals surface area contributed by atoms with Gasteiger partial charge in [-0.15, -0.1) is 0 Å². The molecule has 1 saturated heterocycles. The highest BCUT2D eigenvalue weighted by atomic mass is 16.7. The highest BCUT2D eigenvalue weighted by Crippen LogP contribution is 2.26. The Bertz CT molecular complexity index is 1500. The Morgan fingerprint density at radius 3 is 1.37 bits per heavy atom. The summed E-state index contributed by atoms with van der Waals surface area (Å²) in [6, 6.07) is 0. The van der Waals surface area contributed by atoms with Crippen LogP contribution in [0.25, 0.3) is 0 Å². The first-order chi connectivity index (χ1) is 35.6. The normalized spacial score (nSPS) is 18.7. The van der Waals surface area contributed by atoms with Gasteiger partial charge >= 0.3 is 23.9 Å². The van der Waals surface area contributed by atoms with Gasteiger partial charge in [-0.2, -0.15) is 0 Å². The molecule has 73 heavy (non-hydrogen) atoms. The topological polar surface area (TPSA) is 175 Å². The zero-order valence-electron chi connectivity index (χ0n) is 46.1. The van der Waals surface area contributed by atoms with E-state index in [9.17, 15) is 34.5 Å². The van der Waals surface area contributed by atoms with Crippen molar-refractivity contribution in [3.63, 3.8) is 0 Å². The van der Waals surface area contributed by atoms with Crippen LogP contribution in [0.4, 0.5) is 0 Å². The molecule has 420 valence electrons. The number of allylic oxidation sites excluding steroid dienone is 10. The summed E-state index contributed by atoms with van der Waals surface area (Å²) in [6.45, 7) is 5.83. The van der Waals surface area contributed by atoms with Crippen molar-refractivity contribution in [2.45, 2.75) is 289 Å². The van der Waals surface area contributed by atoms with Gasteiger partial charge in [0.15, 0.2) is 24.6 Å². The van der Waals surface area contributed by atoms with E-state index in [2.05, 4.69) is 63.3 Å². The van der Waals surface area contributed by atoms with Crippen LogP contribution in [0.1, 0.15) is 252 Å². The molecule has 3 N–H and O–H groups in total. The second kappa shape index (κ2) is 49.3. The van der Waals surface area contributed by atoms with Crippen LogP contribution in [0.5, 0.6) is 0 Å². The lowest BCUT2D eigenvalue weighted by Gasteiger charge is -2.40. The molecule has 1 aliphatic rings. The minimum absolute atomic E-state index is 0.0600. The highest BCUT2D eigenvalue weighted by Gasteiger charge is 2.50. The molecule has 6 unspecified atom stereocenters. The smallest absolute Gasteiger partial charge is 0.335 e. The van der Waals surface area contributed by atoms with Crippen LogP contribution in [-0.4, -0.2) is 89.2 Å². The predicted octanol–water partition coefficient (Wildman–Crippen LogP) is 14.8. The maximum absolute atomic E-state index is 13.1. The van der Waals surface area contributed by atoms with E-state index in [-0.39, 0.29) is 25.9 Å². The summed E-state index contributed by atoms with van der Waals surface area (Å²) in [5, 5.41) is 31.4. The molecule has 0 radical (unpaired) electrons. The largest absolute Gasteiger partial charge is 0.479 e. The van der Waals surface area contributed by atoms with Gasteiger partial charge in [-0.1, -0.05) is 223 Å². The van der Waals surface area contributed by atoms with Crippen LogP contribution in [0.3, 0.4) is 0 Å². The number of unbranched alkanes of at least 4 members (excludes halogenated alkanes) is 25. The third kappa shape index (κ3) is 39.5. The van der Waals surface area contributed by atoms with Crippen LogP contribution in [0.15, 0.2) is 60.8 Å². The Morgan fingerprint density at radius 1 is 0.466 bits per heavy atom. The molecular formula is C61H104O12. The van der Waals surface area contributed by atoms with Crippen molar-refractivity contribution >= 4 is 23.9 Å². The van der Waals surface area contributed by atoms with Crippen molar-refractivity contribution in [1.29, 1.82) is 0 Å². The lowest BCUT2D eigenvalue weighted by molar-refractivity contribution is -0.301. The summed E-state index contributed by atoms with van der Waals surface area (Å²) in [4.78, 5) is 51.0. The third-order valence-electron chi connectivity index (χ3n) is 13.1. The number of aliphatic carboxylic acids is 1. The van der Waals surface area contributed by atoms with Crippen LogP contribution in [0.2, 0.25) is 0 Å². The molecule has 6 atom stereocenters. The third-order valence-corrected chi connectivity index (χ3v) is 13.1. The van der Waals surface area contributed by atoms with E-state index < -0.39 is 67.3 Å². The van der Waals surface area contributed by atoms with E-state index in [1.165, 1.54) is 128 Å². The minimum Gasteiger partial charge on any atom is -0.479 e. The number of rotatable bonds is 49.